The van der Waals surface area contributed by atoms with Crippen LogP contribution in [0.5, 0.6) is 0 Å². The Morgan fingerprint density at radius 3 is 1.81 bits per heavy atom. The summed E-state index contributed by atoms with van der Waals surface area (Å²) < 4.78 is 5.31. The number of thiazole rings is 1. The van der Waals surface area contributed by atoms with Crippen molar-refractivity contribution in [3.8, 4) is 11.3 Å². The third-order valence-electron chi connectivity index (χ3n) is 13.5. The van der Waals surface area contributed by atoms with Crippen molar-refractivity contribution in [2.75, 3.05) is 36.4 Å². The van der Waals surface area contributed by atoms with Crippen molar-refractivity contribution < 1.29 is 14.3 Å². The van der Waals surface area contributed by atoms with Crippen LogP contribution < -0.4 is 16.4 Å². The Labute approximate surface area is 402 Å². The molecule has 2 saturated heterocycles. The zero-order valence-electron chi connectivity index (χ0n) is 39.4. The highest BCUT2D eigenvalue weighted by Gasteiger charge is 2.38. The van der Waals surface area contributed by atoms with Gasteiger partial charge in [0.1, 0.15) is 5.60 Å². The summed E-state index contributed by atoms with van der Waals surface area (Å²) in [6.45, 7) is 28.1. The van der Waals surface area contributed by atoms with Crippen LogP contribution in [0.3, 0.4) is 0 Å². The van der Waals surface area contributed by atoms with Crippen molar-refractivity contribution in [2.24, 2.45) is 17.4 Å². The van der Waals surface area contributed by atoms with Gasteiger partial charge in [-0.1, -0.05) is 95.6 Å². The van der Waals surface area contributed by atoms with Crippen molar-refractivity contribution in [1.82, 2.24) is 9.88 Å². The first kappa shape index (κ1) is 52.2. The summed E-state index contributed by atoms with van der Waals surface area (Å²) in [6, 6.07) is 13.6. The molecule has 0 saturated carbocycles. The first-order valence-corrected chi connectivity index (χ1v) is 24.8. The van der Waals surface area contributed by atoms with Gasteiger partial charge in [-0.2, -0.15) is 0 Å². The van der Waals surface area contributed by atoms with Gasteiger partial charge in [0.2, 0.25) is 0 Å². The van der Waals surface area contributed by atoms with Gasteiger partial charge in [0.05, 0.1) is 11.0 Å². The van der Waals surface area contributed by atoms with Crippen LogP contribution in [0.25, 0.3) is 11.3 Å². The fraction of sp³-hybridized carbons (Fsp3) is 0.640. The molecule has 2 aromatic carbocycles. The third kappa shape index (κ3) is 13.4. The van der Waals surface area contributed by atoms with Gasteiger partial charge in [0, 0.05) is 55.1 Å². The van der Waals surface area contributed by atoms with Crippen LogP contribution in [-0.2, 0) is 31.2 Å². The number of esters is 1. The molecule has 0 spiro atoms. The number of Topliss-reactive ketones (excluding diaryl/α,β-unsaturated/α-hetero) is 1. The molecule has 1 aromatic heterocycles. The van der Waals surface area contributed by atoms with Crippen molar-refractivity contribution in [3.63, 3.8) is 0 Å². The second-order valence-electron chi connectivity index (χ2n) is 21.5. The van der Waals surface area contributed by atoms with Crippen molar-refractivity contribution in [2.45, 2.75) is 167 Å². The number of piperidine rings is 2. The summed E-state index contributed by atoms with van der Waals surface area (Å²) in [4.78, 5) is 32.8. The number of aromatic nitrogens is 1. The number of alkyl halides is 1. The molecule has 0 unspecified atom stereocenters. The largest absolute Gasteiger partial charge is 0.460 e. The van der Waals surface area contributed by atoms with E-state index in [4.69, 9.17) is 33.4 Å². The monoisotopic (exact) mass is 1020 g/mol. The molecule has 4 N–H and O–H groups in total. The van der Waals surface area contributed by atoms with E-state index in [0.717, 1.165) is 68.3 Å². The van der Waals surface area contributed by atoms with Gasteiger partial charge in [-0.25, -0.2) is 4.98 Å². The van der Waals surface area contributed by atoms with Gasteiger partial charge in [-0.15, -0.1) is 28.3 Å². The Morgan fingerprint density at radius 1 is 0.806 bits per heavy atom. The van der Waals surface area contributed by atoms with E-state index in [2.05, 4.69) is 112 Å². The summed E-state index contributed by atoms with van der Waals surface area (Å²) in [5.41, 5.74) is 21.1. The Bertz CT molecular complexity index is 2020. The van der Waals surface area contributed by atoms with E-state index in [1.54, 1.807) is 11.3 Å². The minimum absolute atomic E-state index is 0. The second kappa shape index (κ2) is 20.8. The number of ketones is 1. The number of hydrogen-bond acceptors (Lipinski definition) is 8. The molecule has 344 valence electrons. The highest BCUT2D eigenvalue weighted by molar-refractivity contribution is 9.09. The lowest BCUT2D eigenvalue weighted by atomic mass is 9.63. The number of nitrogens with two attached hydrogens (primary N) is 2. The topological polar surface area (TPSA) is 115 Å². The molecule has 2 fully saturated rings. The molecule has 0 radical (unpaired) electrons. The summed E-state index contributed by atoms with van der Waals surface area (Å²) >= 11 is 9.94. The normalized spacial score (nSPS) is 20.1. The molecule has 3 aromatic rings. The number of hydrogen-bond donors (Lipinski definition) is 2. The maximum atomic E-state index is 11.8. The number of carbonyl (C=O) groups is 2. The van der Waals surface area contributed by atoms with E-state index in [1.807, 2.05) is 31.7 Å². The van der Waals surface area contributed by atoms with Crippen LogP contribution >= 0.6 is 56.5 Å². The lowest BCUT2D eigenvalue weighted by Crippen LogP contribution is -2.42. The number of halogens is 2. The smallest absolute Gasteiger partial charge is 0.306 e. The number of rotatable bonds is 6. The van der Waals surface area contributed by atoms with Crippen LogP contribution in [0.1, 0.15) is 167 Å². The Hall–Kier alpha value is -2.38. The van der Waals surface area contributed by atoms with Crippen molar-refractivity contribution in [3.05, 3.63) is 69.6 Å². The molecule has 2 aliphatic heterocycles. The lowest BCUT2D eigenvalue weighted by Gasteiger charge is -2.42. The molecule has 0 bridgehead atoms. The summed E-state index contributed by atoms with van der Waals surface area (Å²) in [5.74, 6) is 0.457. The van der Waals surface area contributed by atoms with Crippen LogP contribution in [-0.4, -0.2) is 69.9 Å². The number of ether oxygens (including phenoxy) is 1. The molecule has 8 nitrogen and oxygen atoms in total. The number of likely N-dealkylation sites (tertiary alicyclic amines) is 1. The number of nitrogens with zero attached hydrogens (tertiary/aromatic N) is 3. The molecule has 7 rings (SSSR count). The van der Waals surface area contributed by atoms with Gasteiger partial charge in [0.25, 0.3) is 0 Å². The minimum Gasteiger partial charge on any atom is -0.460 e. The fourth-order valence-electron chi connectivity index (χ4n) is 9.20. The second-order valence-corrected chi connectivity index (χ2v) is 23.3. The summed E-state index contributed by atoms with van der Waals surface area (Å²) in [7, 11) is 0. The molecular weight excluding hydrogens is 943 g/mol. The number of fused-ring (bicyclic) bond motifs is 2. The van der Waals surface area contributed by atoms with Crippen molar-refractivity contribution >= 4 is 78.5 Å². The third-order valence-corrected chi connectivity index (χ3v) is 15.2. The quantitative estimate of drug-likeness (QED) is 0.108. The van der Waals surface area contributed by atoms with Gasteiger partial charge in [-0.3, -0.25) is 9.59 Å². The molecular formula is C50H75Br2N5O3S2. The van der Waals surface area contributed by atoms with E-state index >= 15 is 0 Å². The molecule has 2 aliphatic carbocycles. The maximum Gasteiger partial charge on any atom is 0.306 e. The van der Waals surface area contributed by atoms with Crippen LogP contribution in [0.15, 0.2) is 41.8 Å². The van der Waals surface area contributed by atoms with Gasteiger partial charge in [-0.05, 0) is 146 Å². The molecule has 3 heterocycles. The van der Waals surface area contributed by atoms with E-state index in [-0.39, 0.29) is 50.4 Å². The highest BCUT2D eigenvalue weighted by atomic mass is 79.9. The average molecular weight is 1020 g/mol. The number of carbonyl (C=O) groups excluding carboxylic acids is 2. The molecule has 12 heteroatoms. The van der Waals surface area contributed by atoms with Crippen LogP contribution in [0, 0.1) is 5.92 Å². The van der Waals surface area contributed by atoms with Crippen LogP contribution in [0.2, 0.25) is 0 Å². The molecule has 4 aliphatic rings. The predicted octanol–water partition coefficient (Wildman–Crippen LogP) is 12.0. The van der Waals surface area contributed by atoms with E-state index < -0.39 is 5.60 Å². The van der Waals surface area contributed by atoms with E-state index in [9.17, 15) is 9.59 Å². The van der Waals surface area contributed by atoms with Gasteiger partial charge >= 0.3 is 5.97 Å². The van der Waals surface area contributed by atoms with Gasteiger partial charge in [0.15, 0.2) is 16.0 Å². The number of anilines is 1. The first-order chi connectivity index (χ1) is 28.3. The van der Waals surface area contributed by atoms with Crippen molar-refractivity contribution in [1.29, 1.82) is 0 Å². The first-order valence-electron chi connectivity index (χ1n) is 22.4. The maximum absolute atomic E-state index is 11.8. The molecule has 0 amide bonds. The standard InChI is InChI=1S/C22H31N3S.C16H21BrO.C12H22N2O2S.BrH/c1-21(2)9-10-22(3,4)18-13-15(5-6-17(18)21)19-14-26-20(24-19)25-11-7-16(23)8-12-25;1-15(2)7-8-16(3,4)13-9-11(14(18)10-17)5-6-12(13)15;1-12(2,3)16-10(15)8-9-4-6-14(7-5-9)11(13)17;/h5-6,13-14,16H,7-12,23H2,1-4H3;5-6,9H,7-8,10H2,1-4H3;9H,4-8H2,1-3H3,(H2,13,17);1H. The molecule has 0 atom stereocenters. The highest BCUT2D eigenvalue weighted by Crippen LogP contribution is 2.48. The Morgan fingerprint density at radius 2 is 1.31 bits per heavy atom. The SMILES string of the molecule is Br.CC(C)(C)OC(=O)CC1CCN(C(N)=S)CC1.CC1(C)CCC(C)(C)c2cc(-c3csc(N4CCC(N)CC4)n3)ccc21.CC1(C)CCC(C)(C)c2cc(C(=O)CBr)ccc21. The van der Waals surface area contributed by atoms with E-state index in [0.29, 0.717) is 28.8 Å². The Balaban J connectivity index is 0.000000210. The summed E-state index contributed by atoms with van der Waals surface area (Å²) in [6.07, 6.45) is 9.43. The number of thiocarbonyl (C=S) groups is 1. The number of benzene rings is 2. The van der Waals surface area contributed by atoms with Crippen LogP contribution in [0.4, 0.5) is 5.13 Å². The minimum atomic E-state index is -0.392. The molecule has 62 heavy (non-hydrogen) atoms. The van der Waals surface area contributed by atoms with E-state index in [1.165, 1.54) is 53.5 Å². The lowest BCUT2D eigenvalue weighted by molar-refractivity contribution is -0.156. The zero-order valence-corrected chi connectivity index (χ0v) is 44.4. The zero-order chi connectivity index (χ0) is 45.1. The fourth-order valence-corrected chi connectivity index (χ4v) is 10.6. The predicted molar refractivity (Wildman–Crippen MR) is 274 cm³/mol. The Kier molecular flexibility index (Phi) is 17.6. The van der Waals surface area contributed by atoms with Gasteiger partial charge < -0.3 is 26.0 Å². The average Bonchev–Trinajstić information content (AvgIpc) is 3.69. The summed E-state index contributed by atoms with van der Waals surface area (Å²) in [5, 5.41) is 4.22.